The van der Waals surface area contributed by atoms with E-state index in [1.54, 1.807) is 0 Å². The maximum atomic E-state index is 11.1. The van der Waals surface area contributed by atoms with Gasteiger partial charge in [-0.15, -0.1) is 0 Å². The van der Waals surface area contributed by atoms with Crippen molar-refractivity contribution in [3.05, 3.63) is 235 Å². The third kappa shape index (κ3) is 7.28. The fourth-order valence-electron chi connectivity index (χ4n) is 8.71. The second-order valence-electron chi connectivity index (χ2n) is 15.8. The summed E-state index contributed by atoms with van der Waals surface area (Å²) in [7, 11) is 0. The summed E-state index contributed by atoms with van der Waals surface area (Å²) in [5.41, 5.74) is 13.6. The van der Waals surface area contributed by atoms with Crippen LogP contribution in [0.3, 0.4) is 0 Å². The Morgan fingerprint density at radius 3 is 1.25 bits per heavy atom. The van der Waals surface area contributed by atoms with E-state index in [1.807, 2.05) is 109 Å². The Bertz CT molecular complexity index is 3510. The van der Waals surface area contributed by atoms with E-state index in [0.717, 1.165) is 77.4 Å². The highest BCUT2D eigenvalue weighted by Gasteiger charge is 2.23. The summed E-state index contributed by atoms with van der Waals surface area (Å²) in [6, 6.07) is 76.3. The highest BCUT2D eigenvalue weighted by molar-refractivity contribution is 6.12. The topological polar surface area (TPSA) is 71.8 Å². The normalized spacial score (nSPS) is 11.0. The van der Waals surface area contributed by atoms with Gasteiger partial charge in [-0.2, -0.15) is 5.26 Å². The Morgan fingerprint density at radius 1 is 0.369 bits per heavy atom. The summed E-state index contributed by atoms with van der Waals surface area (Å²) in [6.07, 6.45) is 0. The molecule has 2 aromatic heterocycles. The minimum absolute atomic E-state index is 0.301. The molecule has 11 rings (SSSR count). The smallest absolute Gasteiger partial charge is 0.212 e. The summed E-state index contributed by atoms with van der Waals surface area (Å²) in [4.78, 5) is 19.4. The van der Waals surface area contributed by atoms with Crippen molar-refractivity contribution >= 4 is 27.5 Å². The molecule has 65 heavy (non-hydrogen) atoms. The first-order chi connectivity index (χ1) is 32.1. The van der Waals surface area contributed by atoms with Crippen molar-refractivity contribution < 1.29 is 0 Å². The molecular weight excluding hydrogens is 793 g/mol. The zero-order valence-corrected chi connectivity index (χ0v) is 35.0. The first-order valence-electron chi connectivity index (χ1n) is 21.3. The molecule has 0 bridgehead atoms. The molecule has 6 nitrogen and oxygen atoms in total. The van der Waals surface area contributed by atoms with Crippen LogP contribution in [0.2, 0.25) is 0 Å². The van der Waals surface area contributed by atoms with Gasteiger partial charge in [0.15, 0.2) is 17.5 Å². The largest absolute Gasteiger partial charge is 0.318 e. The number of hydrogen-bond acceptors (Lipinski definition) is 4. The molecule has 0 amide bonds. The van der Waals surface area contributed by atoms with Crippen LogP contribution in [0.15, 0.2) is 218 Å². The van der Waals surface area contributed by atoms with Gasteiger partial charge >= 0.3 is 0 Å². The van der Waals surface area contributed by atoms with Crippen LogP contribution in [0.1, 0.15) is 5.56 Å². The predicted molar refractivity (Wildman–Crippen MR) is 263 cm³/mol. The number of hydrogen-bond donors (Lipinski definition) is 0. The zero-order valence-electron chi connectivity index (χ0n) is 35.0. The first kappa shape index (κ1) is 38.7. The van der Waals surface area contributed by atoms with Gasteiger partial charge in [-0.1, -0.05) is 188 Å². The quantitative estimate of drug-likeness (QED) is 0.143. The molecule has 2 heterocycles. The monoisotopic (exact) mass is 828 g/mol. The van der Waals surface area contributed by atoms with E-state index in [9.17, 15) is 5.26 Å². The standard InChI is InChI=1S/C59H36N6/c1-61-53-35-49(59-63-57(44-27-25-43(26-28-44)39-15-6-2-7-16-39)62-58(64-59)48-24-14-23-45(33-48)40-17-8-3-9-18-40)34-50(38-60)56(53)65-54-36-46(41-19-10-4-11-20-41)29-31-51(54)52-32-30-47(37-55(52)65)42-21-12-5-13-22-42/h2-37H. The minimum atomic E-state index is 0.301. The van der Waals surface area contributed by atoms with Crippen molar-refractivity contribution in [2.75, 3.05) is 0 Å². The van der Waals surface area contributed by atoms with Gasteiger partial charge in [0.05, 0.1) is 34.9 Å². The number of fused-ring (bicyclic) bond motifs is 3. The molecule has 0 atom stereocenters. The summed E-state index contributed by atoms with van der Waals surface area (Å²) in [5.74, 6) is 1.31. The maximum Gasteiger partial charge on any atom is 0.212 e. The molecular formula is C59H36N6. The average Bonchev–Trinajstić information content (AvgIpc) is 3.71. The molecule has 0 radical (unpaired) electrons. The first-order valence-corrected chi connectivity index (χ1v) is 21.3. The fraction of sp³-hybridized carbons (Fsp3) is 0. The predicted octanol–water partition coefficient (Wildman–Crippen LogP) is 15.1. The van der Waals surface area contributed by atoms with Gasteiger partial charge in [-0.25, -0.2) is 19.8 Å². The molecule has 0 aliphatic heterocycles. The molecule has 0 aliphatic rings. The van der Waals surface area contributed by atoms with Crippen LogP contribution in [-0.4, -0.2) is 19.5 Å². The van der Waals surface area contributed by atoms with Crippen molar-refractivity contribution in [2.45, 2.75) is 0 Å². The number of aromatic nitrogens is 4. The fourth-order valence-corrected chi connectivity index (χ4v) is 8.71. The molecule has 0 N–H and O–H groups in total. The Morgan fingerprint density at radius 2 is 0.754 bits per heavy atom. The molecule has 0 fully saturated rings. The number of nitrogens with zero attached hydrogens (tertiary/aromatic N) is 6. The van der Waals surface area contributed by atoms with Crippen molar-refractivity contribution in [3.63, 3.8) is 0 Å². The molecule has 6 heteroatoms. The number of benzene rings is 9. The third-order valence-corrected chi connectivity index (χ3v) is 11.9. The molecule has 9 aromatic carbocycles. The lowest BCUT2D eigenvalue weighted by molar-refractivity contribution is 1.07. The number of rotatable bonds is 8. The highest BCUT2D eigenvalue weighted by Crippen LogP contribution is 2.42. The van der Waals surface area contributed by atoms with Gasteiger partial charge in [-0.3, -0.25) is 0 Å². The van der Waals surface area contributed by atoms with E-state index < -0.39 is 0 Å². The Labute approximate surface area is 376 Å². The van der Waals surface area contributed by atoms with Crippen LogP contribution >= 0.6 is 0 Å². The van der Waals surface area contributed by atoms with Crippen LogP contribution in [0.5, 0.6) is 0 Å². The Balaban J connectivity index is 1.12. The van der Waals surface area contributed by atoms with Crippen molar-refractivity contribution in [3.8, 4) is 90.4 Å². The van der Waals surface area contributed by atoms with Gasteiger partial charge < -0.3 is 4.57 Å². The summed E-state index contributed by atoms with van der Waals surface area (Å²) < 4.78 is 2.09. The van der Waals surface area contributed by atoms with Crippen LogP contribution in [0.4, 0.5) is 5.69 Å². The molecule has 302 valence electrons. The molecule has 0 saturated heterocycles. The molecule has 0 saturated carbocycles. The Kier molecular flexibility index (Phi) is 9.86. The van der Waals surface area contributed by atoms with Gasteiger partial charge in [0.25, 0.3) is 0 Å². The van der Waals surface area contributed by atoms with E-state index >= 15 is 0 Å². The number of nitriles is 1. The third-order valence-electron chi connectivity index (χ3n) is 11.9. The van der Waals surface area contributed by atoms with E-state index in [4.69, 9.17) is 21.5 Å². The van der Waals surface area contributed by atoms with Gasteiger partial charge in [-0.05, 0) is 74.8 Å². The second-order valence-corrected chi connectivity index (χ2v) is 15.8. The van der Waals surface area contributed by atoms with Crippen LogP contribution in [0.25, 0.3) is 111 Å². The van der Waals surface area contributed by atoms with E-state index in [0.29, 0.717) is 40.0 Å². The highest BCUT2D eigenvalue weighted by atomic mass is 15.0. The van der Waals surface area contributed by atoms with E-state index in [2.05, 4.69) is 125 Å². The maximum absolute atomic E-state index is 11.1. The van der Waals surface area contributed by atoms with Crippen molar-refractivity contribution in [2.24, 2.45) is 0 Å². The summed E-state index contributed by atoms with van der Waals surface area (Å²) >= 11 is 0. The lowest BCUT2D eigenvalue weighted by Gasteiger charge is -2.15. The lowest BCUT2D eigenvalue weighted by Crippen LogP contribution is -2.03. The van der Waals surface area contributed by atoms with Crippen molar-refractivity contribution in [1.82, 2.24) is 19.5 Å². The SMILES string of the molecule is [C-]#[N+]c1cc(-c2nc(-c3ccc(-c4ccccc4)cc3)nc(-c3cccc(-c4ccccc4)c3)n2)cc(C#N)c1-n1c2cc(-c3ccccc3)ccc2c2ccc(-c3ccccc3)cc21. The average molecular weight is 829 g/mol. The Hall–Kier alpha value is -9.23. The van der Waals surface area contributed by atoms with Gasteiger partial charge in [0, 0.05) is 27.5 Å². The molecule has 11 aromatic rings. The van der Waals surface area contributed by atoms with Gasteiger partial charge in [0.1, 0.15) is 0 Å². The van der Waals surface area contributed by atoms with Crippen LogP contribution < -0.4 is 0 Å². The van der Waals surface area contributed by atoms with Crippen LogP contribution in [0, 0.1) is 17.9 Å². The molecule has 0 unspecified atom stereocenters. The van der Waals surface area contributed by atoms with Crippen molar-refractivity contribution in [1.29, 1.82) is 5.26 Å². The van der Waals surface area contributed by atoms with Gasteiger partial charge in [0.2, 0.25) is 5.69 Å². The minimum Gasteiger partial charge on any atom is -0.318 e. The zero-order chi connectivity index (χ0) is 43.7. The lowest BCUT2D eigenvalue weighted by atomic mass is 10.0. The van der Waals surface area contributed by atoms with Crippen LogP contribution in [-0.2, 0) is 0 Å². The molecule has 0 spiro atoms. The van der Waals surface area contributed by atoms with E-state index in [-0.39, 0.29) is 0 Å². The second kappa shape index (κ2) is 16.6. The molecule has 0 aliphatic carbocycles. The summed E-state index contributed by atoms with van der Waals surface area (Å²) in [6.45, 7) is 8.69. The van der Waals surface area contributed by atoms with E-state index in [1.165, 1.54) is 0 Å². The summed E-state index contributed by atoms with van der Waals surface area (Å²) in [5, 5.41) is 13.2.